The van der Waals surface area contributed by atoms with E-state index in [2.05, 4.69) is 42.5 Å². The molecule has 6 heteroatoms. The molecule has 0 aliphatic carbocycles. The van der Waals surface area contributed by atoms with Gasteiger partial charge in [-0.3, -0.25) is 0 Å². The van der Waals surface area contributed by atoms with E-state index in [1.165, 1.54) is 0 Å². The van der Waals surface area contributed by atoms with Crippen LogP contribution in [0, 0.1) is 5.92 Å². The number of hydrogen-bond donors (Lipinski definition) is 2. The smallest absolute Gasteiger partial charge is 0.191 e. The molecule has 0 aliphatic rings. The molecule has 1 rings (SSSR count). The van der Waals surface area contributed by atoms with E-state index in [0.717, 1.165) is 43.4 Å². The standard InChI is InChI=1S/C19H33N3O2.HI/c1-6-20-19(21-12-11-18(15(3)4)24-7-2)22-14-16-9-8-10-17(13-16)23-5;/h8-10,13,15,18H,6-7,11-12,14H2,1-5H3,(H2,20,21,22);1H. The molecule has 1 unspecified atom stereocenters. The SMILES string of the molecule is CCNC(=NCc1cccc(OC)c1)NCCC(OCC)C(C)C.I. The maximum Gasteiger partial charge on any atom is 0.191 e. The number of guanidine groups is 1. The zero-order valence-electron chi connectivity index (χ0n) is 16.2. The molecule has 0 aliphatic heterocycles. The topological polar surface area (TPSA) is 54.9 Å². The van der Waals surface area contributed by atoms with E-state index in [1.807, 2.05) is 25.1 Å². The van der Waals surface area contributed by atoms with Gasteiger partial charge in [0, 0.05) is 19.7 Å². The number of ether oxygens (including phenoxy) is 2. The summed E-state index contributed by atoms with van der Waals surface area (Å²) in [4.78, 5) is 4.64. The average molecular weight is 463 g/mol. The minimum atomic E-state index is 0. The Balaban J connectivity index is 0.00000576. The summed E-state index contributed by atoms with van der Waals surface area (Å²) in [5, 5.41) is 6.67. The molecule has 144 valence electrons. The zero-order valence-corrected chi connectivity index (χ0v) is 18.5. The van der Waals surface area contributed by atoms with Gasteiger partial charge in [-0.05, 0) is 43.9 Å². The van der Waals surface area contributed by atoms with Crippen molar-refractivity contribution < 1.29 is 9.47 Å². The van der Waals surface area contributed by atoms with E-state index in [-0.39, 0.29) is 30.1 Å². The van der Waals surface area contributed by atoms with Crippen LogP contribution in [0.3, 0.4) is 0 Å². The van der Waals surface area contributed by atoms with Crippen molar-refractivity contribution in [3.05, 3.63) is 29.8 Å². The fourth-order valence-electron chi connectivity index (χ4n) is 2.44. The number of aliphatic imine (C=N–C) groups is 1. The van der Waals surface area contributed by atoms with E-state index >= 15 is 0 Å². The van der Waals surface area contributed by atoms with Crippen LogP contribution in [0.5, 0.6) is 5.75 Å². The van der Waals surface area contributed by atoms with Gasteiger partial charge in [0.25, 0.3) is 0 Å². The van der Waals surface area contributed by atoms with Crippen LogP contribution in [0.15, 0.2) is 29.3 Å². The highest BCUT2D eigenvalue weighted by atomic mass is 127. The molecule has 1 aromatic carbocycles. The second-order valence-corrected chi connectivity index (χ2v) is 6.00. The van der Waals surface area contributed by atoms with Crippen LogP contribution < -0.4 is 15.4 Å². The van der Waals surface area contributed by atoms with Crippen LogP contribution in [0.25, 0.3) is 0 Å². The molecule has 1 atom stereocenters. The first-order valence-electron chi connectivity index (χ1n) is 8.87. The summed E-state index contributed by atoms with van der Waals surface area (Å²) in [5.41, 5.74) is 1.13. The molecule has 0 heterocycles. The number of methoxy groups -OCH3 is 1. The van der Waals surface area contributed by atoms with Crippen molar-refractivity contribution in [1.29, 1.82) is 0 Å². The van der Waals surface area contributed by atoms with Crippen molar-refractivity contribution in [3.63, 3.8) is 0 Å². The van der Waals surface area contributed by atoms with Crippen LogP contribution in [-0.4, -0.2) is 38.9 Å². The second-order valence-electron chi connectivity index (χ2n) is 6.00. The molecular formula is C19H34IN3O2. The zero-order chi connectivity index (χ0) is 17.8. The summed E-state index contributed by atoms with van der Waals surface area (Å²) in [6.45, 7) is 11.6. The van der Waals surface area contributed by atoms with Crippen molar-refractivity contribution in [3.8, 4) is 5.75 Å². The predicted octanol–water partition coefficient (Wildman–Crippen LogP) is 3.82. The Morgan fingerprint density at radius 1 is 1.20 bits per heavy atom. The van der Waals surface area contributed by atoms with E-state index in [1.54, 1.807) is 7.11 Å². The number of nitrogens with one attached hydrogen (secondary N) is 2. The average Bonchev–Trinajstić information content (AvgIpc) is 2.58. The summed E-state index contributed by atoms with van der Waals surface area (Å²) >= 11 is 0. The van der Waals surface area contributed by atoms with Gasteiger partial charge in [0.2, 0.25) is 0 Å². The Labute approximate surface area is 170 Å². The summed E-state index contributed by atoms with van der Waals surface area (Å²) in [5.74, 6) is 2.21. The van der Waals surface area contributed by atoms with Crippen LogP contribution in [0.1, 0.15) is 39.7 Å². The highest BCUT2D eigenvalue weighted by Crippen LogP contribution is 2.13. The lowest BCUT2D eigenvalue weighted by molar-refractivity contribution is 0.0258. The first-order chi connectivity index (χ1) is 11.6. The van der Waals surface area contributed by atoms with Crippen molar-refractivity contribution >= 4 is 29.9 Å². The molecule has 0 saturated heterocycles. The van der Waals surface area contributed by atoms with E-state index < -0.39 is 0 Å². The van der Waals surface area contributed by atoms with Gasteiger partial charge in [-0.15, -0.1) is 24.0 Å². The fraction of sp³-hybridized carbons (Fsp3) is 0.632. The van der Waals surface area contributed by atoms with Gasteiger partial charge >= 0.3 is 0 Å². The lowest BCUT2D eigenvalue weighted by atomic mass is 10.0. The molecule has 5 nitrogen and oxygen atoms in total. The van der Waals surface area contributed by atoms with Crippen LogP contribution >= 0.6 is 24.0 Å². The first kappa shape index (κ1) is 24.0. The van der Waals surface area contributed by atoms with Crippen LogP contribution in [-0.2, 0) is 11.3 Å². The lowest BCUT2D eigenvalue weighted by Gasteiger charge is -2.21. The van der Waals surface area contributed by atoms with Crippen molar-refractivity contribution in [2.75, 3.05) is 26.8 Å². The number of halogens is 1. The molecule has 0 fully saturated rings. The van der Waals surface area contributed by atoms with Gasteiger partial charge in [-0.2, -0.15) is 0 Å². The highest BCUT2D eigenvalue weighted by Gasteiger charge is 2.12. The normalized spacial score (nSPS) is 12.5. The Bertz CT molecular complexity index is 495. The fourth-order valence-corrected chi connectivity index (χ4v) is 2.44. The molecule has 0 amide bonds. The van der Waals surface area contributed by atoms with Gasteiger partial charge in [-0.1, -0.05) is 26.0 Å². The van der Waals surface area contributed by atoms with Gasteiger partial charge in [-0.25, -0.2) is 4.99 Å². The van der Waals surface area contributed by atoms with E-state index in [0.29, 0.717) is 12.5 Å². The Kier molecular flexibility index (Phi) is 13.6. The van der Waals surface area contributed by atoms with E-state index in [4.69, 9.17) is 9.47 Å². The molecule has 2 N–H and O–H groups in total. The molecular weight excluding hydrogens is 429 g/mol. The molecule has 0 aromatic heterocycles. The van der Waals surface area contributed by atoms with Gasteiger partial charge in [0.1, 0.15) is 5.75 Å². The summed E-state index contributed by atoms with van der Waals surface area (Å²) < 4.78 is 11.0. The summed E-state index contributed by atoms with van der Waals surface area (Å²) in [7, 11) is 1.68. The summed E-state index contributed by atoms with van der Waals surface area (Å²) in [6, 6.07) is 7.99. The Hall–Kier alpha value is -1.02. The first-order valence-corrected chi connectivity index (χ1v) is 8.87. The number of nitrogens with zero attached hydrogens (tertiary/aromatic N) is 1. The highest BCUT2D eigenvalue weighted by molar-refractivity contribution is 14.0. The molecule has 25 heavy (non-hydrogen) atoms. The third kappa shape index (κ3) is 9.89. The Morgan fingerprint density at radius 2 is 1.96 bits per heavy atom. The second kappa shape index (κ2) is 14.2. The lowest BCUT2D eigenvalue weighted by Crippen LogP contribution is -2.39. The maximum absolute atomic E-state index is 5.79. The van der Waals surface area contributed by atoms with Crippen molar-refractivity contribution in [2.45, 2.75) is 46.8 Å². The third-order valence-electron chi connectivity index (χ3n) is 3.74. The minimum absolute atomic E-state index is 0. The number of hydrogen-bond acceptors (Lipinski definition) is 3. The molecule has 0 bridgehead atoms. The summed E-state index contributed by atoms with van der Waals surface area (Å²) in [6.07, 6.45) is 1.25. The molecule has 0 saturated carbocycles. The number of benzene rings is 1. The third-order valence-corrected chi connectivity index (χ3v) is 3.74. The molecule has 1 aromatic rings. The maximum atomic E-state index is 5.79. The predicted molar refractivity (Wildman–Crippen MR) is 116 cm³/mol. The van der Waals surface area contributed by atoms with Crippen molar-refractivity contribution in [2.24, 2.45) is 10.9 Å². The van der Waals surface area contributed by atoms with E-state index in [9.17, 15) is 0 Å². The van der Waals surface area contributed by atoms with Gasteiger partial charge in [0.05, 0.1) is 19.8 Å². The Morgan fingerprint density at radius 3 is 2.56 bits per heavy atom. The quantitative estimate of drug-likeness (QED) is 0.315. The number of rotatable bonds is 10. The largest absolute Gasteiger partial charge is 0.497 e. The van der Waals surface area contributed by atoms with Crippen molar-refractivity contribution in [1.82, 2.24) is 10.6 Å². The molecule has 0 radical (unpaired) electrons. The minimum Gasteiger partial charge on any atom is -0.497 e. The monoisotopic (exact) mass is 463 g/mol. The van der Waals surface area contributed by atoms with Crippen LogP contribution in [0.4, 0.5) is 0 Å². The van der Waals surface area contributed by atoms with Gasteiger partial charge in [0.15, 0.2) is 5.96 Å². The van der Waals surface area contributed by atoms with Crippen LogP contribution in [0.2, 0.25) is 0 Å². The molecule has 0 spiro atoms. The van der Waals surface area contributed by atoms with Gasteiger partial charge < -0.3 is 20.1 Å².